The third-order valence-corrected chi connectivity index (χ3v) is 2.43. The number of ketones is 1. The van der Waals surface area contributed by atoms with Crippen LogP contribution in [-0.2, 0) is 9.59 Å². The zero-order valence-corrected chi connectivity index (χ0v) is 9.15. The van der Waals surface area contributed by atoms with Crippen LogP contribution in [0.3, 0.4) is 0 Å². The second-order valence-corrected chi connectivity index (χ2v) is 3.69. The summed E-state index contributed by atoms with van der Waals surface area (Å²) in [4.78, 5) is 21.7. The fourth-order valence-corrected chi connectivity index (χ4v) is 1.48. The van der Waals surface area contributed by atoms with E-state index in [1.807, 2.05) is 0 Å². The number of carbonyl (C=O) groups is 2. The molecule has 0 spiro atoms. The molecule has 0 saturated heterocycles. The Morgan fingerprint density at radius 2 is 1.88 bits per heavy atom. The lowest BCUT2D eigenvalue weighted by Crippen LogP contribution is -2.13. The van der Waals surface area contributed by atoms with E-state index in [-0.39, 0.29) is 12.8 Å². The second kappa shape index (κ2) is 5.63. The summed E-state index contributed by atoms with van der Waals surface area (Å²) in [6, 6.07) is 6.42. The number of carbonyl (C=O) groups excluding carboxylic acids is 1. The lowest BCUT2D eigenvalue weighted by molar-refractivity contribution is -0.139. The van der Waals surface area contributed by atoms with Gasteiger partial charge in [0, 0.05) is 17.0 Å². The lowest BCUT2D eigenvalue weighted by Gasteiger charge is -2.10. The third-order valence-electron chi connectivity index (χ3n) is 2.09. The first kappa shape index (κ1) is 12.7. The van der Waals surface area contributed by atoms with E-state index in [0.717, 1.165) is 0 Å². The summed E-state index contributed by atoms with van der Waals surface area (Å²) in [5.74, 6) is -1.62. The fraction of sp³-hybridized carbons (Fsp3) is 0.273. The topological polar surface area (TPSA) is 74.6 Å². The zero-order chi connectivity index (χ0) is 12.1. The van der Waals surface area contributed by atoms with Gasteiger partial charge in [-0.3, -0.25) is 9.59 Å². The van der Waals surface area contributed by atoms with Crippen molar-refractivity contribution < 1.29 is 19.8 Å². The van der Waals surface area contributed by atoms with Crippen molar-refractivity contribution in [1.29, 1.82) is 0 Å². The van der Waals surface area contributed by atoms with E-state index in [0.29, 0.717) is 10.6 Å². The van der Waals surface area contributed by atoms with E-state index in [1.165, 1.54) is 6.07 Å². The van der Waals surface area contributed by atoms with Gasteiger partial charge < -0.3 is 10.2 Å². The molecule has 0 aromatic heterocycles. The molecule has 0 aliphatic rings. The first-order valence-electron chi connectivity index (χ1n) is 4.69. The van der Waals surface area contributed by atoms with Crippen molar-refractivity contribution in [3.8, 4) is 0 Å². The van der Waals surface area contributed by atoms with Crippen molar-refractivity contribution in [2.45, 2.75) is 18.9 Å². The molecule has 1 rings (SSSR count). The number of benzene rings is 1. The van der Waals surface area contributed by atoms with Crippen LogP contribution in [0.2, 0.25) is 5.02 Å². The van der Waals surface area contributed by atoms with Gasteiger partial charge in [-0.2, -0.15) is 0 Å². The summed E-state index contributed by atoms with van der Waals surface area (Å²) in [6.45, 7) is 0. The highest BCUT2D eigenvalue weighted by atomic mass is 35.5. The van der Waals surface area contributed by atoms with E-state index in [9.17, 15) is 14.7 Å². The molecule has 0 aliphatic carbocycles. The Kier molecular flexibility index (Phi) is 4.46. The van der Waals surface area contributed by atoms with Gasteiger partial charge in [-0.25, -0.2) is 0 Å². The Morgan fingerprint density at radius 3 is 2.44 bits per heavy atom. The number of carboxylic acids is 1. The van der Waals surface area contributed by atoms with Crippen LogP contribution in [0.15, 0.2) is 24.3 Å². The highest BCUT2D eigenvalue weighted by Crippen LogP contribution is 2.24. The molecule has 0 fully saturated rings. The molecule has 0 saturated carbocycles. The van der Waals surface area contributed by atoms with Crippen LogP contribution in [0, 0.1) is 0 Å². The Labute approximate surface area is 97.5 Å². The number of aliphatic carboxylic acids is 1. The highest BCUT2D eigenvalue weighted by Gasteiger charge is 2.19. The molecule has 2 N–H and O–H groups in total. The van der Waals surface area contributed by atoms with Gasteiger partial charge in [0.15, 0.2) is 5.78 Å². The minimum atomic E-state index is -1.35. The summed E-state index contributed by atoms with van der Waals surface area (Å²) in [6.07, 6.45) is -1.85. The van der Waals surface area contributed by atoms with Crippen LogP contribution in [0.25, 0.3) is 0 Å². The normalized spacial score (nSPS) is 12.1. The molecule has 4 nitrogen and oxygen atoms in total. The van der Waals surface area contributed by atoms with Crippen LogP contribution in [0.4, 0.5) is 0 Å². The molecule has 0 radical (unpaired) electrons. The maximum absolute atomic E-state index is 11.4. The minimum Gasteiger partial charge on any atom is -0.481 e. The van der Waals surface area contributed by atoms with E-state index < -0.39 is 17.9 Å². The van der Waals surface area contributed by atoms with Crippen molar-refractivity contribution in [3.63, 3.8) is 0 Å². The SMILES string of the molecule is O=C(O)CCC(=O)[C@H](O)c1ccccc1Cl. The van der Waals surface area contributed by atoms with Crippen molar-refractivity contribution in [1.82, 2.24) is 0 Å². The van der Waals surface area contributed by atoms with E-state index >= 15 is 0 Å². The standard InChI is InChI=1S/C11H11ClO4/c12-8-4-2-1-3-7(8)11(16)9(13)5-6-10(14)15/h1-4,11,16H,5-6H2,(H,14,15)/t11-/m1/s1. The number of hydrogen-bond acceptors (Lipinski definition) is 3. The molecule has 1 aromatic rings. The van der Waals surface area contributed by atoms with Gasteiger partial charge in [-0.15, -0.1) is 0 Å². The number of halogens is 1. The minimum absolute atomic E-state index is 0.207. The number of aliphatic hydroxyl groups excluding tert-OH is 1. The molecule has 16 heavy (non-hydrogen) atoms. The molecular formula is C11H11ClO4. The number of rotatable bonds is 5. The van der Waals surface area contributed by atoms with Gasteiger partial charge in [-0.1, -0.05) is 29.8 Å². The molecular weight excluding hydrogens is 232 g/mol. The number of Topliss-reactive ketones (excluding diaryl/α,β-unsaturated/α-hetero) is 1. The highest BCUT2D eigenvalue weighted by molar-refractivity contribution is 6.31. The number of aliphatic hydroxyl groups is 1. The number of hydrogen-bond donors (Lipinski definition) is 2. The smallest absolute Gasteiger partial charge is 0.303 e. The van der Waals surface area contributed by atoms with Crippen LogP contribution >= 0.6 is 11.6 Å². The average Bonchev–Trinajstić information content (AvgIpc) is 2.25. The van der Waals surface area contributed by atoms with Crippen molar-refractivity contribution in [3.05, 3.63) is 34.9 Å². The molecule has 86 valence electrons. The van der Waals surface area contributed by atoms with Gasteiger partial charge in [0.05, 0.1) is 6.42 Å². The quantitative estimate of drug-likeness (QED) is 0.826. The molecule has 5 heteroatoms. The van der Waals surface area contributed by atoms with Gasteiger partial charge in [0.25, 0.3) is 0 Å². The van der Waals surface area contributed by atoms with Crippen LogP contribution < -0.4 is 0 Å². The van der Waals surface area contributed by atoms with Gasteiger partial charge in [-0.05, 0) is 6.07 Å². The van der Waals surface area contributed by atoms with Crippen LogP contribution in [-0.4, -0.2) is 22.0 Å². The summed E-state index contributed by atoms with van der Waals surface area (Å²) in [7, 11) is 0. The Hall–Kier alpha value is -1.39. The zero-order valence-electron chi connectivity index (χ0n) is 8.39. The molecule has 0 bridgehead atoms. The van der Waals surface area contributed by atoms with Gasteiger partial charge in [0.1, 0.15) is 6.10 Å². The van der Waals surface area contributed by atoms with Crippen molar-refractivity contribution in [2.24, 2.45) is 0 Å². The lowest BCUT2D eigenvalue weighted by atomic mass is 10.0. The monoisotopic (exact) mass is 242 g/mol. The predicted octanol–water partition coefficient (Wildman–Crippen LogP) is 1.81. The van der Waals surface area contributed by atoms with Gasteiger partial charge >= 0.3 is 5.97 Å². The van der Waals surface area contributed by atoms with Crippen molar-refractivity contribution >= 4 is 23.4 Å². The Morgan fingerprint density at radius 1 is 1.25 bits per heavy atom. The largest absolute Gasteiger partial charge is 0.481 e. The summed E-state index contributed by atoms with van der Waals surface area (Å²) < 4.78 is 0. The first-order valence-corrected chi connectivity index (χ1v) is 5.07. The molecule has 1 aromatic carbocycles. The average molecular weight is 243 g/mol. The molecule has 0 amide bonds. The van der Waals surface area contributed by atoms with E-state index in [1.54, 1.807) is 18.2 Å². The summed E-state index contributed by atoms with van der Waals surface area (Å²) >= 11 is 5.80. The second-order valence-electron chi connectivity index (χ2n) is 3.28. The maximum Gasteiger partial charge on any atom is 0.303 e. The fourth-order valence-electron chi connectivity index (χ4n) is 1.24. The van der Waals surface area contributed by atoms with Crippen LogP contribution in [0.5, 0.6) is 0 Å². The van der Waals surface area contributed by atoms with E-state index in [2.05, 4.69) is 0 Å². The molecule has 0 heterocycles. The van der Waals surface area contributed by atoms with Gasteiger partial charge in [0.2, 0.25) is 0 Å². The number of carboxylic acid groups (broad SMARTS) is 1. The summed E-state index contributed by atoms with van der Waals surface area (Å²) in [5, 5.41) is 18.4. The Bertz CT molecular complexity index is 403. The predicted molar refractivity (Wildman–Crippen MR) is 58.3 cm³/mol. The van der Waals surface area contributed by atoms with Crippen molar-refractivity contribution in [2.75, 3.05) is 0 Å². The molecule has 0 unspecified atom stereocenters. The Balaban J connectivity index is 2.71. The van der Waals surface area contributed by atoms with E-state index in [4.69, 9.17) is 16.7 Å². The molecule has 0 aliphatic heterocycles. The van der Waals surface area contributed by atoms with Crippen LogP contribution in [0.1, 0.15) is 24.5 Å². The summed E-state index contributed by atoms with van der Waals surface area (Å²) in [5.41, 5.74) is 0.305. The molecule has 1 atom stereocenters. The maximum atomic E-state index is 11.4. The third kappa shape index (κ3) is 3.32. The first-order chi connectivity index (χ1) is 7.52.